The number of nitrogens with zero attached hydrogens (tertiary/aromatic N) is 4. The molecule has 0 unspecified atom stereocenters. The van der Waals surface area contributed by atoms with Crippen LogP contribution in [0.4, 0.5) is 0 Å². The number of nitriles is 1. The lowest BCUT2D eigenvalue weighted by molar-refractivity contribution is -0.118. The highest BCUT2D eigenvalue weighted by Gasteiger charge is 2.12. The number of nitrogens with one attached hydrogen (secondary N) is 1. The van der Waals surface area contributed by atoms with E-state index < -0.39 is 0 Å². The smallest absolute Gasteiger partial charge is 0.230 e. The summed E-state index contributed by atoms with van der Waals surface area (Å²) in [5.74, 6) is 1.05. The molecule has 0 saturated heterocycles. The summed E-state index contributed by atoms with van der Waals surface area (Å²) < 4.78 is 1.91. The van der Waals surface area contributed by atoms with Crippen LogP contribution in [0.3, 0.4) is 0 Å². The van der Waals surface area contributed by atoms with Crippen LogP contribution in [0.25, 0.3) is 0 Å². The van der Waals surface area contributed by atoms with Crippen molar-refractivity contribution < 1.29 is 4.79 Å². The second kappa shape index (κ2) is 7.81. The van der Waals surface area contributed by atoms with E-state index in [-0.39, 0.29) is 11.7 Å². The SMILES string of the molecule is Cn1c(Cc2cccs2)nnc1SCC(=O)NCCC#N. The van der Waals surface area contributed by atoms with Gasteiger partial charge in [0.15, 0.2) is 5.16 Å². The fourth-order valence-electron chi connectivity index (χ4n) is 1.63. The number of hydrogen-bond acceptors (Lipinski definition) is 6. The van der Waals surface area contributed by atoms with Crippen molar-refractivity contribution >= 4 is 29.0 Å². The van der Waals surface area contributed by atoms with Crippen molar-refractivity contribution in [3.8, 4) is 6.07 Å². The molecule has 1 amide bonds. The van der Waals surface area contributed by atoms with E-state index in [1.165, 1.54) is 16.6 Å². The maximum Gasteiger partial charge on any atom is 0.230 e. The molecule has 0 aliphatic heterocycles. The van der Waals surface area contributed by atoms with Gasteiger partial charge < -0.3 is 9.88 Å². The predicted octanol–water partition coefficient (Wildman–Crippen LogP) is 1.59. The van der Waals surface area contributed by atoms with Crippen molar-refractivity contribution in [1.82, 2.24) is 20.1 Å². The van der Waals surface area contributed by atoms with E-state index in [0.717, 1.165) is 17.4 Å². The normalized spacial score (nSPS) is 10.3. The molecule has 0 fully saturated rings. The van der Waals surface area contributed by atoms with Gasteiger partial charge in [0.25, 0.3) is 0 Å². The Kier molecular flexibility index (Phi) is 5.78. The highest BCUT2D eigenvalue weighted by molar-refractivity contribution is 7.99. The molecule has 1 N–H and O–H groups in total. The van der Waals surface area contributed by atoms with E-state index >= 15 is 0 Å². The monoisotopic (exact) mass is 321 g/mol. The van der Waals surface area contributed by atoms with Crippen LogP contribution >= 0.6 is 23.1 Å². The molecule has 2 aromatic rings. The van der Waals surface area contributed by atoms with Gasteiger partial charge in [-0.15, -0.1) is 21.5 Å². The highest BCUT2D eigenvalue weighted by atomic mass is 32.2. The molecule has 0 aliphatic rings. The fraction of sp³-hybridized carbons (Fsp3) is 0.385. The van der Waals surface area contributed by atoms with Gasteiger partial charge in [0.05, 0.1) is 18.2 Å². The third-order valence-corrected chi connectivity index (χ3v) is 4.63. The molecular weight excluding hydrogens is 306 g/mol. The topological polar surface area (TPSA) is 83.6 Å². The van der Waals surface area contributed by atoms with Crippen LogP contribution in [0.1, 0.15) is 17.1 Å². The van der Waals surface area contributed by atoms with E-state index in [1.54, 1.807) is 11.3 Å². The van der Waals surface area contributed by atoms with Crippen molar-refractivity contribution in [1.29, 1.82) is 5.26 Å². The number of rotatable bonds is 7. The molecule has 110 valence electrons. The number of carbonyl (C=O) groups is 1. The first-order valence-electron chi connectivity index (χ1n) is 6.38. The first kappa shape index (κ1) is 15.5. The zero-order valence-corrected chi connectivity index (χ0v) is 13.2. The van der Waals surface area contributed by atoms with E-state index in [1.807, 2.05) is 29.1 Å². The Bertz CT molecular complexity index is 630. The molecular formula is C13H15N5OS2. The van der Waals surface area contributed by atoms with E-state index in [4.69, 9.17) is 5.26 Å². The Hall–Kier alpha value is -1.85. The van der Waals surface area contributed by atoms with Crippen LogP contribution in [0.5, 0.6) is 0 Å². The van der Waals surface area contributed by atoms with Crippen LogP contribution in [0.2, 0.25) is 0 Å². The number of thioether (sulfide) groups is 1. The van der Waals surface area contributed by atoms with Gasteiger partial charge in [0.1, 0.15) is 5.82 Å². The molecule has 2 heterocycles. The van der Waals surface area contributed by atoms with Gasteiger partial charge in [-0.3, -0.25) is 4.79 Å². The van der Waals surface area contributed by atoms with E-state index in [9.17, 15) is 4.79 Å². The molecule has 2 rings (SSSR count). The predicted molar refractivity (Wildman–Crippen MR) is 82.1 cm³/mol. The van der Waals surface area contributed by atoms with Crippen molar-refractivity contribution in [2.45, 2.75) is 18.0 Å². The summed E-state index contributed by atoms with van der Waals surface area (Å²) in [7, 11) is 1.90. The lowest BCUT2D eigenvalue weighted by Crippen LogP contribution is -2.26. The molecule has 0 spiro atoms. The Morgan fingerprint density at radius 1 is 1.57 bits per heavy atom. The number of aromatic nitrogens is 3. The maximum atomic E-state index is 11.6. The Morgan fingerprint density at radius 2 is 2.43 bits per heavy atom. The lowest BCUT2D eigenvalue weighted by Gasteiger charge is -2.03. The summed E-state index contributed by atoms with van der Waals surface area (Å²) in [6, 6.07) is 6.06. The van der Waals surface area contributed by atoms with Crippen LogP contribution in [-0.4, -0.2) is 33.0 Å². The molecule has 0 saturated carbocycles. The molecule has 0 atom stereocenters. The average molecular weight is 321 g/mol. The second-order valence-corrected chi connectivity index (χ2v) is 6.24. The standard InChI is InChI=1S/C13H15N5OS2/c1-18-11(8-10-4-2-7-20-10)16-17-13(18)21-9-12(19)15-6-3-5-14/h2,4,7H,3,6,8-9H2,1H3,(H,15,19). The number of amides is 1. The van der Waals surface area contributed by atoms with Crippen molar-refractivity contribution in [2.75, 3.05) is 12.3 Å². The zero-order valence-electron chi connectivity index (χ0n) is 11.6. The van der Waals surface area contributed by atoms with E-state index in [2.05, 4.69) is 21.6 Å². The van der Waals surface area contributed by atoms with E-state index in [0.29, 0.717) is 13.0 Å². The third-order valence-electron chi connectivity index (χ3n) is 2.73. The minimum Gasteiger partial charge on any atom is -0.354 e. The fourth-order valence-corrected chi connectivity index (χ4v) is 3.09. The third kappa shape index (κ3) is 4.58. The Balaban J connectivity index is 1.86. The molecule has 0 bridgehead atoms. The van der Waals surface area contributed by atoms with Gasteiger partial charge in [-0.1, -0.05) is 17.8 Å². The summed E-state index contributed by atoms with van der Waals surface area (Å²) >= 11 is 3.03. The van der Waals surface area contributed by atoms with Crippen LogP contribution < -0.4 is 5.32 Å². The van der Waals surface area contributed by atoms with Crippen LogP contribution in [0.15, 0.2) is 22.7 Å². The van der Waals surface area contributed by atoms with Gasteiger partial charge in [0, 0.05) is 24.9 Å². The lowest BCUT2D eigenvalue weighted by atomic mass is 10.3. The molecule has 6 nitrogen and oxygen atoms in total. The number of carbonyl (C=O) groups excluding carboxylic acids is 1. The van der Waals surface area contributed by atoms with Gasteiger partial charge in [-0.2, -0.15) is 5.26 Å². The zero-order chi connectivity index (χ0) is 15.1. The number of hydrogen-bond donors (Lipinski definition) is 1. The first-order valence-corrected chi connectivity index (χ1v) is 8.24. The minimum absolute atomic E-state index is 0.0990. The first-order chi connectivity index (χ1) is 10.2. The Labute approximate surface area is 131 Å². The van der Waals surface area contributed by atoms with Crippen LogP contribution in [-0.2, 0) is 18.3 Å². The van der Waals surface area contributed by atoms with Gasteiger partial charge in [-0.05, 0) is 11.4 Å². The largest absolute Gasteiger partial charge is 0.354 e. The molecule has 21 heavy (non-hydrogen) atoms. The molecule has 0 radical (unpaired) electrons. The van der Waals surface area contributed by atoms with Crippen molar-refractivity contribution in [3.05, 3.63) is 28.2 Å². The summed E-state index contributed by atoms with van der Waals surface area (Å²) in [5.41, 5.74) is 0. The summed E-state index contributed by atoms with van der Waals surface area (Å²) in [6.07, 6.45) is 1.07. The quantitative estimate of drug-likeness (QED) is 0.618. The van der Waals surface area contributed by atoms with Gasteiger partial charge >= 0.3 is 0 Å². The molecule has 0 aromatic carbocycles. The molecule has 8 heteroatoms. The highest BCUT2D eigenvalue weighted by Crippen LogP contribution is 2.18. The molecule has 2 aromatic heterocycles. The Morgan fingerprint density at radius 3 is 3.14 bits per heavy atom. The van der Waals surface area contributed by atoms with Crippen molar-refractivity contribution in [3.63, 3.8) is 0 Å². The van der Waals surface area contributed by atoms with Gasteiger partial charge in [-0.25, -0.2) is 0 Å². The second-order valence-electron chi connectivity index (χ2n) is 4.26. The summed E-state index contributed by atoms with van der Waals surface area (Å²) in [5, 5.41) is 22.1. The maximum absolute atomic E-state index is 11.6. The average Bonchev–Trinajstić information content (AvgIpc) is 3.09. The number of thiophene rings is 1. The summed E-state index contributed by atoms with van der Waals surface area (Å²) in [4.78, 5) is 12.8. The van der Waals surface area contributed by atoms with Gasteiger partial charge in [0.2, 0.25) is 5.91 Å². The molecule has 0 aliphatic carbocycles. The van der Waals surface area contributed by atoms with Crippen LogP contribution in [0, 0.1) is 11.3 Å². The minimum atomic E-state index is -0.0990. The summed E-state index contributed by atoms with van der Waals surface area (Å²) in [6.45, 7) is 0.387. The van der Waals surface area contributed by atoms with Crippen molar-refractivity contribution in [2.24, 2.45) is 7.05 Å².